The zero-order valence-electron chi connectivity index (χ0n) is 23.5. The van der Waals surface area contributed by atoms with Crippen LogP contribution in [-0.2, 0) is 11.3 Å². The molecule has 4 aromatic rings. The Balaban J connectivity index is 1.54. The molecule has 0 spiro atoms. The van der Waals surface area contributed by atoms with Gasteiger partial charge in [-0.15, -0.1) is 10.2 Å². The Morgan fingerprint density at radius 1 is 0.929 bits per heavy atom. The highest BCUT2D eigenvalue weighted by atomic mass is 32.2. The Labute approximate surface area is 246 Å². The van der Waals surface area contributed by atoms with Gasteiger partial charge in [0.15, 0.2) is 22.5 Å². The first-order valence-corrected chi connectivity index (χ1v) is 13.8. The zero-order chi connectivity index (χ0) is 30.1. The molecule has 0 aliphatic heterocycles. The van der Waals surface area contributed by atoms with Gasteiger partial charge in [-0.05, 0) is 67.6 Å². The van der Waals surface area contributed by atoms with Crippen LogP contribution in [0.2, 0.25) is 0 Å². The Bertz CT molecular complexity index is 1500. The molecule has 0 fully saturated rings. The van der Waals surface area contributed by atoms with Gasteiger partial charge in [-0.2, -0.15) is 0 Å². The molecule has 2 N–H and O–H groups in total. The average Bonchev–Trinajstić information content (AvgIpc) is 3.42. The number of carbonyl (C=O) groups is 2. The van der Waals surface area contributed by atoms with Crippen LogP contribution in [0, 0.1) is 5.82 Å². The van der Waals surface area contributed by atoms with Crippen LogP contribution in [0.5, 0.6) is 23.0 Å². The molecule has 0 aliphatic rings. The van der Waals surface area contributed by atoms with Crippen molar-refractivity contribution in [1.82, 2.24) is 20.1 Å². The summed E-state index contributed by atoms with van der Waals surface area (Å²) >= 11 is 1.16. The maximum absolute atomic E-state index is 13.2. The van der Waals surface area contributed by atoms with E-state index in [2.05, 4.69) is 20.8 Å². The van der Waals surface area contributed by atoms with Gasteiger partial charge in [0.1, 0.15) is 11.6 Å². The number of rotatable bonds is 13. The lowest BCUT2D eigenvalue weighted by Crippen LogP contribution is -2.25. The number of amides is 2. The highest BCUT2D eigenvalue weighted by Crippen LogP contribution is 2.38. The first-order chi connectivity index (χ1) is 20.4. The molecule has 0 aliphatic carbocycles. The van der Waals surface area contributed by atoms with Gasteiger partial charge in [-0.25, -0.2) is 4.39 Å². The van der Waals surface area contributed by atoms with E-state index in [1.54, 1.807) is 16.7 Å². The number of aromatic nitrogens is 3. The molecule has 13 heteroatoms. The topological polar surface area (TPSA) is 126 Å². The van der Waals surface area contributed by atoms with E-state index in [-0.39, 0.29) is 18.2 Å². The van der Waals surface area contributed by atoms with Crippen molar-refractivity contribution in [3.05, 3.63) is 77.9 Å². The summed E-state index contributed by atoms with van der Waals surface area (Å²) in [6.07, 6.45) is 0. The predicted molar refractivity (Wildman–Crippen MR) is 156 cm³/mol. The second-order valence-corrected chi connectivity index (χ2v) is 9.54. The fourth-order valence-corrected chi connectivity index (χ4v) is 4.73. The number of halogens is 1. The fraction of sp³-hybridized carbons (Fsp3) is 0.241. The Morgan fingerprint density at radius 3 is 2.19 bits per heavy atom. The van der Waals surface area contributed by atoms with Crippen LogP contribution in [0.4, 0.5) is 10.1 Å². The van der Waals surface area contributed by atoms with Crippen molar-refractivity contribution >= 4 is 29.3 Å². The van der Waals surface area contributed by atoms with Crippen molar-refractivity contribution in [3.8, 4) is 28.7 Å². The third-order valence-corrected chi connectivity index (χ3v) is 6.83. The average molecular weight is 596 g/mol. The third-order valence-electron chi connectivity index (χ3n) is 5.90. The van der Waals surface area contributed by atoms with Gasteiger partial charge in [0, 0.05) is 16.9 Å². The summed E-state index contributed by atoms with van der Waals surface area (Å²) in [5.41, 5.74) is 1.48. The lowest BCUT2D eigenvalue weighted by atomic mass is 10.1. The molecule has 3 aromatic carbocycles. The summed E-state index contributed by atoms with van der Waals surface area (Å²) in [6.45, 7) is 2.45. The van der Waals surface area contributed by atoms with Crippen molar-refractivity contribution < 1.29 is 32.9 Å². The first kappa shape index (κ1) is 30.2. The van der Waals surface area contributed by atoms with E-state index in [1.165, 1.54) is 45.6 Å². The van der Waals surface area contributed by atoms with Gasteiger partial charge in [0.2, 0.25) is 11.7 Å². The quantitative estimate of drug-likeness (QED) is 0.215. The number of nitrogens with one attached hydrogen (secondary N) is 2. The van der Waals surface area contributed by atoms with Gasteiger partial charge < -0.3 is 29.6 Å². The van der Waals surface area contributed by atoms with E-state index >= 15 is 0 Å². The molecule has 0 saturated carbocycles. The molecule has 0 bridgehead atoms. The molecule has 42 heavy (non-hydrogen) atoms. The lowest BCUT2D eigenvalue weighted by Gasteiger charge is -2.14. The third kappa shape index (κ3) is 7.29. The molecule has 0 saturated heterocycles. The number of methoxy groups -OCH3 is 3. The number of hydrogen-bond donors (Lipinski definition) is 2. The number of hydrogen-bond acceptors (Lipinski definition) is 9. The van der Waals surface area contributed by atoms with Gasteiger partial charge in [0.05, 0.1) is 40.2 Å². The molecule has 0 radical (unpaired) electrons. The second kappa shape index (κ2) is 14.2. The fourth-order valence-electron chi connectivity index (χ4n) is 3.96. The smallest absolute Gasteiger partial charge is 0.251 e. The summed E-state index contributed by atoms with van der Waals surface area (Å²) in [7, 11) is 4.42. The Morgan fingerprint density at radius 2 is 1.60 bits per heavy atom. The van der Waals surface area contributed by atoms with Crippen molar-refractivity contribution in [2.75, 3.05) is 39.0 Å². The maximum Gasteiger partial charge on any atom is 0.251 e. The molecular weight excluding hydrogens is 565 g/mol. The Hall–Kier alpha value is -4.78. The highest BCUT2D eigenvalue weighted by Gasteiger charge is 2.20. The maximum atomic E-state index is 13.2. The molecule has 0 unspecified atom stereocenters. The van der Waals surface area contributed by atoms with Crippen LogP contribution in [0.15, 0.2) is 65.8 Å². The molecule has 0 atom stereocenters. The zero-order valence-corrected chi connectivity index (χ0v) is 24.3. The van der Waals surface area contributed by atoms with Crippen LogP contribution in [0.1, 0.15) is 23.1 Å². The largest absolute Gasteiger partial charge is 0.494 e. The minimum atomic E-state index is -0.400. The number of nitrogens with zero attached hydrogens (tertiary/aromatic N) is 3. The van der Waals surface area contributed by atoms with Gasteiger partial charge in [0.25, 0.3) is 5.91 Å². The minimum Gasteiger partial charge on any atom is -0.494 e. The van der Waals surface area contributed by atoms with Crippen molar-refractivity contribution in [3.63, 3.8) is 0 Å². The monoisotopic (exact) mass is 595 g/mol. The summed E-state index contributed by atoms with van der Waals surface area (Å²) < 4.78 is 36.5. The number of thioether (sulfide) groups is 1. The second-order valence-electron chi connectivity index (χ2n) is 8.60. The minimum absolute atomic E-state index is 0.0182. The number of carbonyl (C=O) groups excluding carboxylic acids is 2. The molecule has 1 aromatic heterocycles. The van der Waals surface area contributed by atoms with E-state index in [0.717, 1.165) is 11.8 Å². The molecule has 220 valence electrons. The molecule has 2 amide bonds. The lowest BCUT2D eigenvalue weighted by molar-refractivity contribution is -0.113. The predicted octanol–water partition coefficient (Wildman–Crippen LogP) is 4.49. The van der Waals surface area contributed by atoms with Gasteiger partial charge in [-0.1, -0.05) is 11.8 Å². The Kier molecular flexibility index (Phi) is 10.2. The van der Waals surface area contributed by atoms with Crippen LogP contribution in [-0.4, -0.2) is 60.3 Å². The summed E-state index contributed by atoms with van der Waals surface area (Å²) in [5.74, 6) is 1.11. The molecule has 11 nitrogen and oxygen atoms in total. The molecule has 4 rings (SSSR count). The van der Waals surface area contributed by atoms with Gasteiger partial charge >= 0.3 is 0 Å². The summed E-state index contributed by atoms with van der Waals surface area (Å²) in [4.78, 5) is 25.7. The van der Waals surface area contributed by atoms with E-state index in [0.29, 0.717) is 57.5 Å². The van der Waals surface area contributed by atoms with Crippen LogP contribution in [0.25, 0.3) is 5.69 Å². The van der Waals surface area contributed by atoms with Crippen molar-refractivity contribution in [2.24, 2.45) is 0 Å². The molecular formula is C29H30FN5O6S. The van der Waals surface area contributed by atoms with Crippen LogP contribution in [0.3, 0.4) is 0 Å². The summed E-state index contributed by atoms with van der Waals surface area (Å²) in [6, 6.07) is 15.9. The highest BCUT2D eigenvalue weighted by molar-refractivity contribution is 7.99. The van der Waals surface area contributed by atoms with Crippen molar-refractivity contribution in [2.45, 2.75) is 18.6 Å². The number of ether oxygens (including phenoxy) is 4. The SMILES string of the molecule is CCOc1ccc(-n2c(CNC(=O)c3cc(OC)c(OC)c(OC)c3)nnc2SCC(=O)Nc2ccc(F)cc2)cc1. The van der Waals surface area contributed by atoms with Crippen LogP contribution >= 0.6 is 11.8 Å². The van der Waals surface area contributed by atoms with Gasteiger partial charge in [-0.3, -0.25) is 14.2 Å². The van der Waals surface area contributed by atoms with Crippen LogP contribution < -0.4 is 29.6 Å². The van der Waals surface area contributed by atoms with E-state index in [9.17, 15) is 14.0 Å². The number of benzene rings is 3. The van der Waals surface area contributed by atoms with Crippen molar-refractivity contribution in [1.29, 1.82) is 0 Å². The van der Waals surface area contributed by atoms with E-state index in [4.69, 9.17) is 18.9 Å². The summed E-state index contributed by atoms with van der Waals surface area (Å²) in [5, 5.41) is 14.6. The standard InChI is InChI=1S/C29H30FN5O6S/c1-5-41-22-12-10-21(11-13-22)35-25(16-31-28(37)18-14-23(38-2)27(40-4)24(15-18)39-3)33-34-29(35)42-17-26(36)32-20-8-6-19(30)7-9-20/h6-15H,5,16-17H2,1-4H3,(H,31,37)(H,32,36). The first-order valence-electron chi connectivity index (χ1n) is 12.8. The number of anilines is 1. The normalized spacial score (nSPS) is 10.6. The van der Waals surface area contributed by atoms with E-state index < -0.39 is 11.7 Å². The van der Waals surface area contributed by atoms with E-state index in [1.807, 2.05) is 31.2 Å². The molecule has 1 heterocycles.